The molecule has 102 valence electrons. The normalized spacial score (nSPS) is 10.3. The number of pyridine rings is 1. The predicted octanol–water partition coefficient (Wildman–Crippen LogP) is 2.95. The van der Waals surface area contributed by atoms with E-state index in [1.54, 1.807) is 6.07 Å². The molecule has 0 fully saturated rings. The van der Waals surface area contributed by atoms with Crippen LogP contribution in [0.3, 0.4) is 0 Å². The van der Waals surface area contributed by atoms with Gasteiger partial charge in [0.05, 0.1) is 11.8 Å². The van der Waals surface area contributed by atoms with Gasteiger partial charge in [0, 0.05) is 0 Å². The highest BCUT2D eigenvalue weighted by molar-refractivity contribution is 5.65. The summed E-state index contributed by atoms with van der Waals surface area (Å²) in [4.78, 5) is 7.87. The summed E-state index contributed by atoms with van der Waals surface area (Å²) in [5.41, 5.74) is 0.319. The van der Waals surface area contributed by atoms with E-state index in [-0.39, 0.29) is 22.8 Å². The van der Waals surface area contributed by atoms with Gasteiger partial charge in [0.15, 0.2) is 0 Å². The maximum absolute atomic E-state index is 13.5. The number of rotatable bonds is 2. The molecule has 0 radical (unpaired) electrons. The second-order valence-corrected chi connectivity index (χ2v) is 4.06. The Hall–Kier alpha value is -3.14. The second-order valence-electron chi connectivity index (χ2n) is 4.06. The average molecular weight is 284 g/mol. The topological polar surface area (TPSA) is 75.6 Å². The lowest BCUT2D eigenvalue weighted by molar-refractivity contribution is 0.431. The largest absolute Gasteiger partial charge is 0.334 e. The van der Waals surface area contributed by atoms with Gasteiger partial charge in [-0.1, -0.05) is 11.2 Å². The van der Waals surface area contributed by atoms with Crippen molar-refractivity contribution in [1.82, 2.24) is 15.1 Å². The Balaban J connectivity index is 2.05. The first-order valence-corrected chi connectivity index (χ1v) is 5.83. The molecule has 1 aromatic carbocycles. The third kappa shape index (κ3) is 2.34. The average Bonchev–Trinajstić information content (AvgIpc) is 2.97. The van der Waals surface area contributed by atoms with Crippen molar-refractivity contribution in [3.05, 3.63) is 53.7 Å². The molecule has 0 bridgehead atoms. The van der Waals surface area contributed by atoms with Crippen LogP contribution < -0.4 is 0 Å². The molecular weight excluding hydrogens is 278 g/mol. The molecule has 0 aliphatic heterocycles. The van der Waals surface area contributed by atoms with Crippen molar-refractivity contribution in [3.63, 3.8) is 0 Å². The number of nitriles is 1. The van der Waals surface area contributed by atoms with Gasteiger partial charge in [-0.15, -0.1) is 0 Å². The molecule has 3 rings (SSSR count). The minimum absolute atomic E-state index is 0.00725. The fourth-order valence-electron chi connectivity index (χ4n) is 1.76. The molecule has 0 atom stereocenters. The highest BCUT2D eigenvalue weighted by Crippen LogP contribution is 2.25. The molecule has 0 aliphatic rings. The second kappa shape index (κ2) is 5.09. The molecular formula is C14H6F2N4O. The molecule has 2 aromatic heterocycles. The monoisotopic (exact) mass is 284 g/mol. The molecule has 0 saturated carbocycles. The van der Waals surface area contributed by atoms with Gasteiger partial charge in [-0.05, 0) is 24.3 Å². The maximum atomic E-state index is 13.5. The first kappa shape index (κ1) is 12.9. The SMILES string of the molecule is N#Cc1c(F)cccc1-c1nc(-c2ccc(F)cn2)no1. The number of aromatic nitrogens is 3. The van der Waals surface area contributed by atoms with E-state index in [0.29, 0.717) is 5.69 Å². The van der Waals surface area contributed by atoms with Crippen molar-refractivity contribution in [2.75, 3.05) is 0 Å². The van der Waals surface area contributed by atoms with Gasteiger partial charge in [0.25, 0.3) is 5.89 Å². The fraction of sp³-hybridized carbons (Fsp3) is 0. The third-order valence-corrected chi connectivity index (χ3v) is 2.74. The number of hydrogen-bond donors (Lipinski definition) is 0. The standard InChI is InChI=1S/C14H6F2N4O/c15-8-4-5-12(18-7-8)13-19-14(21-20-13)9-2-1-3-11(16)10(9)6-17/h1-5,7H. The molecule has 2 heterocycles. The third-order valence-electron chi connectivity index (χ3n) is 2.74. The summed E-state index contributed by atoms with van der Waals surface area (Å²) in [6.07, 6.45) is 1.02. The fourth-order valence-corrected chi connectivity index (χ4v) is 1.76. The summed E-state index contributed by atoms with van der Waals surface area (Å²) in [5.74, 6) is -1.04. The predicted molar refractivity (Wildman–Crippen MR) is 67.6 cm³/mol. The maximum Gasteiger partial charge on any atom is 0.259 e. The van der Waals surface area contributed by atoms with Crippen molar-refractivity contribution in [2.24, 2.45) is 0 Å². The van der Waals surface area contributed by atoms with Gasteiger partial charge in [-0.3, -0.25) is 0 Å². The van der Waals surface area contributed by atoms with Crippen LogP contribution in [0.4, 0.5) is 8.78 Å². The zero-order chi connectivity index (χ0) is 14.8. The number of halogens is 2. The van der Waals surface area contributed by atoms with Crippen LogP contribution in [0.1, 0.15) is 5.56 Å². The van der Waals surface area contributed by atoms with Crippen molar-refractivity contribution in [1.29, 1.82) is 5.26 Å². The highest BCUT2D eigenvalue weighted by atomic mass is 19.1. The molecule has 0 saturated heterocycles. The molecule has 0 aliphatic carbocycles. The van der Waals surface area contributed by atoms with Crippen LogP contribution in [0.15, 0.2) is 41.1 Å². The lowest BCUT2D eigenvalue weighted by Gasteiger charge is -1.98. The Kier molecular flexibility index (Phi) is 3.12. The van der Waals surface area contributed by atoms with Gasteiger partial charge in [-0.2, -0.15) is 10.2 Å². The number of hydrogen-bond acceptors (Lipinski definition) is 5. The van der Waals surface area contributed by atoms with Crippen LogP contribution in [0.2, 0.25) is 0 Å². The Bertz CT molecular complexity index is 837. The summed E-state index contributed by atoms with van der Waals surface area (Å²) >= 11 is 0. The van der Waals surface area contributed by atoms with E-state index >= 15 is 0 Å². The number of benzene rings is 1. The molecule has 0 spiro atoms. The van der Waals surface area contributed by atoms with Gasteiger partial charge in [-0.25, -0.2) is 13.8 Å². The van der Waals surface area contributed by atoms with Crippen molar-refractivity contribution in [3.8, 4) is 29.0 Å². The molecule has 0 N–H and O–H groups in total. The van der Waals surface area contributed by atoms with Gasteiger partial charge < -0.3 is 4.52 Å². The lowest BCUT2D eigenvalue weighted by atomic mass is 10.1. The van der Waals surface area contributed by atoms with Crippen LogP contribution in [0.5, 0.6) is 0 Å². The Morgan fingerprint density at radius 3 is 2.71 bits per heavy atom. The summed E-state index contributed by atoms with van der Waals surface area (Å²) < 4.78 is 31.4. The van der Waals surface area contributed by atoms with Gasteiger partial charge in [0.1, 0.15) is 29.0 Å². The molecule has 0 amide bonds. The van der Waals surface area contributed by atoms with Crippen LogP contribution >= 0.6 is 0 Å². The van der Waals surface area contributed by atoms with E-state index in [1.165, 1.54) is 30.3 Å². The Morgan fingerprint density at radius 2 is 2.00 bits per heavy atom. The minimum atomic E-state index is -0.672. The molecule has 21 heavy (non-hydrogen) atoms. The van der Waals surface area contributed by atoms with E-state index in [0.717, 1.165) is 6.20 Å². The molecule has 7 heteroatoms. The first-order chi connectivity index (χ1) is 10.2. The van der Waals surface area contributed by atoms with Gasteiger partial charge >= 0.3 is 0 Å². The van der Waals surface area contributed by atoms with E-state index in [2.05, 4.69) is 15.1 Å². The summed E-state index contributed by atoms with van der Waals surface area (Å²) in [5, 5.41) is 12.7. The Labute approximate surface area is 117 Å². The first-order valence-electron chi connectivity index (χ1n) is 5.83. The van der Waals surface area contributed by atoms with Crippen LogP contribution in [0, 0.1) is 23.0 Å². The van der Waals surface area contributed by atoms with Crippen LogP contribution in [-0.2, 0) is 0 Å². The van der Waals surface area contributed by atoms with Crippen LogP contribution in [0.25, 0.3) is 23.0 Å². The lowest BCUT2D eigenvalue weighted by Crippen LogP contribution is -1.90. The summed E-state index contributed by atoms with van der Waals surface area (Å²) in [6.45, 7) is 0. The summed E-state index contributed by atoms with van der Waals surface area (Å²) in [6, 6.07) is 8.45. The smallest absolute Gasteiger partial charge is 0.259 e. The Morgan fingerprint density at radius 1 is 1.14 bits per heavy atom. The molecule has 5 nitrogen and oxygen atoms in total. The number of nitrogens with zero attached hydrogens (tertiary/aromatic N) is 4. The zero-order valence-electron chi connectivity index (χ0n) is 10.4. The quantitative estimate of drug-likeness (QED) is 0.723. The van der Waals surface area contributed by atoms with E-state index in [4.69, 9.17) is 9.78 Å². The van der Waals surface area contributed by atoms with Crippen molar-refractivity contribution in [2.45, 2.75) is 0 Å². The summed E-state index contributed by atoms with van der Waals surface area (Å²) in [7, 11) is 0. The minimum Gasteiger partial charge on any atom is -0.334 e. The molecule has 0 unspecified atom stereocenters. The zero-order valence-corrected chi connectivity index (χ0v) is 10.4. The van der Waals surface area contributed by atoms with E-state index in [1.807, 2.05) is 0 Å². The van der Waals surface area contributed by atoms with E-state index in [9.17, 15) is 8.78 Å². The van der Waals surface area contributed by atoms with Gasteiger partial charge in [0.2, 0.25) is 5.82 Å². The van der Waals surface area contributed by atoms with Crippen molar-refractivity contribution < 1.29 is 13.3 Å². The molecule has 3 aromatic rings. The van der Waals surface area contributed by atoms with Crippen LogP contribution in [-0.4, -0.2) is 15.1 Å². The van der Waals surface area contributed by atoms with Crippen molar-refractivity contribution >= 4 is 0 Å². The van der Waals surface area contributed by atoms with E-state index < -0.39 is 11.6 Å². The highest BCUT2D eigenvalue weighted by Gasteiger charge is 2.17.